The minimum atomic E-state index is -0.560. The number of carbonyl (C=O) groups excluding carboxylic acids is 1. The normalized spacial score (nSPS) is 10.1. The van der Waals surface area contributed by atoms with E-state index in [0.717, 1.165) is 0 Å². The number of oxazole rings is 1. The molecule has 14 heavy (non-hydrogen) atoms. The van der Waals surface area contributed by atoms with Crippen LogP contribution in [0, 0.1) is 0 Å². The number of aromatic nitrogens is 1. The SMILES string of the molecule is COC(=O)c1cnc(-c2ccco2)o1. The quantitative estimate of drug-likeness (QED) is 0.679. The Morgan fingerprint density at radius 2 is 2.43 bits per heavy atom. The van der Waals surface area contributed by atoms with Crippen molar-refractivity contribution in [2.75, 3.05) is 7.11 Å². The summed E-state index contributed by atoms with van der Waals surface area (Å²) in [5.41, 5.74) is 0. The zero-order valence-electron chi connectivity index (χ0n) is 7.39. The third-order valence-corrected chi connectivity index (χ3v) is 1.62. The molecule has 5 nitrogen and oxygen atoms in total. The Labute approximate surface area is 79.3 Å². The van der Waals surface area contributed by atoms with E-state index in [0.29, 0.717) is 5.76 Å². The molecule has 0 amide bonds. The lowest BCUT2D eigenvalue weighted by Gasteiger charge is -1.91. The van der Waals surface area contributed by atoms with Crippen LogP contribution in [0.4, 0.5) is 0 Å². The van der Waals surface area contributed by atoms with Gasteiger partial charge in [-0.3, -0.25) is 0 Å². The van der Waals surface area contributed by atoms with Gasteiger partial charge in [0.25, 0.3) is 5.89 Å². The molecule has 0 N–H and O–H groups in total. The van der Waals surface area contributed by atoms with Gasteiger partial charge in [-0.2, -0.15) is 0 Å². The summed E-state index contributed by atoms with van der Waals surface area (Å²) in [5, 5.41) is 0. The molecule has 0 aromatic carbocycles. The van der Waals surface area contributed by atoms with Gasteiger partial charge in [0.1, 0.15) is 0 Å². The van der Waals surface area contributed by atoms with Gasteiger partial charge in [-0.15, -0.1) is 0 Å². The van der Waals surface area contributed by atoms with Gasteiger partial charge in [-0.1, -0.05) is 0 Å². The average Bonchev–Trinajstić information content (AvgIpc) is 2.86. The van der Waals surface area contributed by atoms with Crippen molar-refractivity contribution in [1.82, 2.24) is 4.98 Å². The number of rotatable bonds is 2. The molecule has 0 unspecified atom stereocenters. The second-order valence-corrected chi connectivity index (χ2v) is 2.50. The Hall–Kier alpha value is -2.04. The Bertz CT molecular complexity index is 429. The Kier molecular flexibility index (Phi) is 2.06. The molecular weight excluding hydrogens is 186 g/mol. The van der Waals surface area contributed by atoms with E-state index >= 15 is 0 Å². The van der Waals surface area contributed by atoms with E-state index in [9.17, 15) is 4.79 Å². The number of esters is 1. The zero-order valence-corrected chi connectivity index (χ0v) is 7.39. The van der Waals surface area contributed by atoms with E-state index in [4.69, 9.17) is 8.83 Å². The van der Waals surface area contributed by atoms with Crippen LogP contribution < -0.4 is 0 Å². The van der Waals surface area contributed by atoms with Crippen molar-refractivity contribution >= 4 is 5.97 Å². The third-order valence-electron chi connectivity index (χ3n) is 1.62. The molecule has 5 heteroatoms. The number of methoxy groups -OCH3 is 1. The fourth-order valence-electron chi connectivity index (χ4n) is 0.983. The smallest absolute Gasteiger partial charge is 0.375 e. The molecule has 0 aliphatic carbocycles. The maximum absolute atomic E-state index is 11.0. The summed E-state index contributed by atoms with van der Waals surface area (Å²) in [6, 6.07) is 3.39. The van der Waals surface area contributed by atoms with Crippen LogP contribution in [0.2, 0.25) is 0 Å². The van der Waals surface area contributed by atoms with Gasteiger partial charge in [-0.25, -0.2) is 9.78 Å². The minimum Gasteiger partial charge on any atom is -0.463 e. The third kappa shape index (κ3) is 1.39. The number of nitrogens with zero attached hydrogens (tertiary/aromatic N) is 1. The molecule has 2 heterocycles. The first-order chi connectivity index (χ1) is 6.81. The van der Waals surface area contributed by atoms with E-state index in [1.54, 1.807) is 12.1 Å². The molecule has 0 atom stereocenters. The van der Waals surface area contributed by atoms with Crippen LogP contribution in [0.25, 0.3) is 11.7 Å². The molecule has 2 aromatic heterocycles. The molecular formula is C9H7NO4. The Morgan fingerprint density at radius 3 is 3.07 bits per heavy atom. The molecule has 2 aromatic rings. The highest BCUT2D eigenvalue weighted by molar-refractivity contribution is 5.86. The summed E-state index contributed by atoms with van der Waals surface area (Å²) in [4.78, 5) is 14.9. The first kappa shape index (κ1) is 8.55. The summed E-state index contributed by atoms with van der Waals surface area (Å²) < 4.78 is 14.6. The van der Waals surface area contributed by atoms with Gasteiger partial charge in [0.05, 0.1) is 19.6 Å². The summed E-state index contributed by atoms with van der Waals surface area (Å²) in [7, 11) is 1.28. The van der Waals surface area contributed by atoms with Gasteiger partial charge >= 0.3 is 5.97 Å². The minimum absolute atomic E-state index is 0.0545. The Balaban J connectivity index is 2.31. The molecule has 0 bridgehead atoms. The lowest BCUT2D eigenvalue weighted by molar-refractivity contribution is 0.0566. The van der Waals surface area contributed by atoms with Crippen molar-refractivity contribution in [2.45, 2.75) is 0 Å². The predicted octanol–water partition coefficient (Wildman–Crippen LogP) is 1.72. The van der Waals surface area contributed by atoms with Crippen LogP contribution in [-0.4, -0.2) is 18.1 Å². The summed E-state index contributed by atoms with van der Waals surface area (Å²) in [5.74, 6) is 0.227. The number of carbonyl (C=O) groups is 1. The largest absolute Gasteiger partial charge is 0.463 e. The highest BCUT2D eigenvalue weighted by atomic mass is 16.5. The van der Waals surface area contributed by atoms with Crippen LogP contribution >= 0.6 is 0 Å². The molecule has 2 rings (SSSR count). The lowest BCUT2D eigenvalue weighted by atomic mass is 10.4. The zero-order chi connectivity index (χ0) is 9.97. The Morgan fingerprint density at radius 1 is 1.57 bits per heavy atom. The molecule has 0 aliphatic heterocycles. The van der Waals surface area contributed by atoms with Crippen molar-refractivity contribution in [2.24, 2.45) is 0 Å². The molecule has 72 valence electrons. The second kappa shape index (κ2) is 3.37. The molecule has 0 spiro atoms. The summed E-state index contributed by atoms with van der Waals surface area (Å²) in [6.07, 6.45) is 2.79. The van der Waals surface area contributed by atoms with E-state index in [1.807, 2.05) is 0 Å². The number of hydrogen-bond acceptors (Lipinski definition) is 5. The van der Waals surface area contributed by atoms with Gasteiger partial charge in [-0.05, 0) is 12.1 Å². The highest BCUT2D eigenvalue weighted by Gasteiger charge is 2.14. The monoisotopic (exact) mass is 193 g/mol. The van der Waals surface area contributed by atoms with Crippen LogP contribution in [-0.2, 0) is 4.74 Å². The summed E-state index contributed by atoms with van der Waals surface area (Å²) in [6.45, 7) is 0. The van der Waals surface area contributed by atoms with Crippen molar-refractivity contribution in [3.8, 4) is 11.7 Å². The van der Waals surface area contributed by atoms with Crippen molar-refractivity contribution in [3.05, 3.63) is 30.4 Å². The molecule has 0 saturated heterocycles. The second-order valence-electron chi connectivity index (χ2n) is 2.50. The number of ether oxygens (including phenoxy) is 1. The first-order valence-corrected chi connectivity index (χ1v) is 3.89. The van der Waals surface area contributed by atoms with Gasteiger partial charge in [0.15, 0.2) is 5.76 Å². The van der Waals surface area contributed by atoms with Gasteiger partial charge in [0, 0.05) is 0 Å². The van der Waals surface area contributed by atoms with Crippen LogP contribution in [0.5, 0.6) is 0 Å². The maximum Gasteiger partial charge on any atom is 0.375 e. The van der Waals surface area contributed by atoms with Crippen LogP contribution in [0.1, 0.15) is 10.6 Å². The molecule has 0 saturated carbocycles. The van der Waals surface area contributed by atoms with Gasteiger partial charge < -0.3 is 13.6 Å². The fraction of sp³-hybridized carbons (Fsp3) is 0.111. The van der Waals surface area contributed by atoms with E-state index < -0.39 is 5.97 Å². The first-order valence-electron chi connectivity index (χ1n) is 3.89. The number of furan rings is 1. The van der Waals surface area contributed by atoms with E-state index in [2.05, 4.69) is 9.72 Å². The molecule has 0 aliphatic rings. The van der Waals surface area contributed by atoms with Crippen LogP contribution in [0.15, 0.2) is 33.4 Å². The topological polar surface area (TPSA) is 65.5 Å². The predicted molar refractivity (Wildman–Crippen MR) is 45.5 cm³/mol. The maximum atomic E-state index is 11.0. The fourth-order valence-corrected chi connectivity index (χ4v) is 0.983. The molecule has 0 radical (unpaired) electrons. The molecule has 0 fully saturated rings. The highest BCUT2D eigenvalue weighted by Crippen LogP contribution is 2.19. The van der Waals surface area contributed by atoms with Crippen LogP contribution in [0.3, 0.4) is 0 Å². The number of hydrogen-bond donors (Lipinski definition) is 0. The van der Waals surface area contributed by atoms with Crippen molar-refractivity contribution < 1.29 is 18.4 Å². The lowest BCUT2D eigenvalue weighted by Crippen LogP contribution is -1.98. The van der Waals surface area contributed by atoms with Crippen molar-refractivity contribution in [1.29, 1.82) is 0 Å². The van der Waals surface area contributed by atoms with E-state index in [-0.39, 0.29) is 11.7 Å². The standard InChI is InChI=1S/C9H7NO4/c1-12-9(11)7-5-10-8(14-7)6-3-2-4-13-6/h2-5H,1H3. The average molecular weight is 193 g/mol. The van der Waals surface area contributed by atoms with Gasteiger partial charge in [0.2, 0.25) is 5.76 Å². The van der Waals surface area contributed by atoms with Crippen molar-refractivity contribution in [3.63, 3.8) is 0 Å². The summed E-state index contributed by atoms with van der Waals surface area (Å²) >= 11 is 0. The van der Waals surface area contributed by atoms with E-state index in [1.165, 1.54) is 19.6 Å².